The Labute approximate surface area is 113 Å². The van der Waals surface area contributed by atoms with E-state index >= 15 is 0 Å². The molecule has 1 atom stereocenters. The second-order valence-corrected chi connectivity index (χ2v) is 5.66. The van der Waals surface area contributed by atoms with Crippen LogP contribution in [0.2, 0.25) is 0 Å². The Kier molecular flexibility index (Phi) is 5.13. The van der Waals surface area contributed by atoms with Crippen molar-refractivity contribution in [2.24, 2.45) is 0 Å². The average molecular weight is 272 g/mol. The van der Waals surface area contributed by atoms with Crippen molar-refractivity contribution in [1.82, 2.24) is 20.4 Å². The van der Waals surface area contributed by atoms with Crippen molar-refractivity contribution in [2.45, 2.75) is 25.4 Å². The minimum Gasteiger partial charge on any atom is -0.480 e. The number of aliphatic carboxylic acids is 1. The van der Waals surface area contributed by atoms with Gasteiger partial charge in [-0.3, -0.25) is 4.90 Å². The number of urea groups is 1. The molecule has 1 aliphatic heterocycles. The molecule has 3 N–H and O–H groups in total. The largest absolute Gasteiger partial charge is 0.480 e. The average Bonchev–Trinajstić information content (AvgIpc) is 2.29. The van der Waals surface area contributed by atoms with Gasteiger partial charge in [-0.15, -0.1) is 0 Å². The summed E-state index contributed by atoms with van der Waals surface area (Å²) in [6.07, 6.45) is 0. The third-order valence-electron chi connectivity index (χ3n) is 3.44. The fourth-order valence-electron chi connectivity index (χ4n) is 1.91. The first-order valence-electron chi connectivity index (χ1n) is 6.40. The maximum absolute atomic E-state index is 11.7. The molecule has 7 nitrogen and oxygen atoms in total. The second kappa shape index (κ2) is 6.21. The summed E-state index contributed by atoms with van der Waals surface area (Å²) in [6.45, 7) is 6.28. The number of hydrogen-bond donors (Lipinski definition) is 3. The molecule has 0 spiro atoms. The fraction of sp³-hybridized carbons (Fsp3) is 0.833. The third kappa shape index (κ3) is 4.68. The lowest BCUT2D eigenvalue weighted by Crippen LogP contribution is -2.58. The number of carboxylic acid groups (broad SMARTS) is 1. The zero-order chi connectivity index (χ0) is 14.6. The quantitative estimate of drug-likeness (QED) is 0.636. The molecule has 19 heavy (non-hydrogen) atoms. The van der Waals surface area contributed by atoms with Crippen LogP contribution >= 0.6 is 0 Å². The minimum absolute atomic E-state index is 0.248. The molecule has 1 fully saturated rings. The zero-order valence-electron chi connectivity index (χ0n) is 12.1. The third-order valence-corrected chi connectivity index (χ3v) is 3.44. The summed E-state index contributed by atoms with van der Waals surface area (Å²) in [5.74, 6) is -1.06. The number of likely N-dealkylation sites (N-methyl/N-ethyl adjacent to an activating group) is 2. The van der Waals surface area contributed by atoms with Crippen molar-refractivity contribution in [3.8, 4) is 0 Å². The highest BCUT2D eigenvalue weighted by atomic mass is 16.4. The summed E-state index contributed by atoms with van der Waals surface area (Å²) in [5, 5.41) is 14.1. The van der Waals surface area contributed by atoms with Crippen LogP contribution in [0, 0.1) is 0 Å². The number of hydrogen-bond acceptors (Lipinski definition) is 4. The Morgan fingerprint density at radius 3 is 2.53 bits per heavy atom. The van der Waals surface area contributed by atoms with Crippen LogP contribution in [0.1, 0.15) is 13.8 Å². The van der Waals surface area contributed by atoms with Gasteiger partial charge in [0.15, 0.2) is 0 Å². The number of carbonyl (C=O) groups excluding carboxylic acids is 1. The van der Waals surface area contributed by atoms with E-state index in [2.05, 4.69) is 20.4 Å². The van der Waals surface area contributed by atoms with Crippen LogP contribution in [0.3, 0.4) is 0 Å². The van der Waals surface area contributed by atoms with Gasteiger partial charge in [0, 0.05) is 32.2 Å². The maximum Gasteiger partial charge on any atom is 0.328 e. The molecule has 0 saturated carbocycles. The summed E-state index contributed by atoms with van der Waals surface area (Å²) < 4.78 is 0. The molecule has 1 unspecified atom stereocenters. The summed E-state index contributed by atoms with van der Waals surface area (Å²) in [5.41, 5.74) is -1.26. The van der Waals surface area contributed by atoms with E-state index in [0.29, 0.717) is 6.54 Å². The van der Waals surface area contributed by atoms with Gasteiger partial charge in [0.1, 0.15) is 5.54 Å². The first kappa shape index (κ1) is 15.7. The number of nitrogens with zero attached hydrogens (tertiary/aromatic N) is 2. The highest BCUT2D eigenvalue weighted by Gasteiger charge is 2.29. The van der Waals surface area contributed by atoms with Crippen LogP contribution in [-0.4, -0.2) is 78.8 Å². The monoisotopic (exact) mass is 272 g/mol. The van der Waals surface area contributed by atoms with Crippen LogP contribution in [0.4, 0.5) is 4.79 Å². The highest BCUT2D eigenvalue weighted by molar-refractivity contribution is 5.85. The lowest BCUT2D eigenvalue weighted by atomic mass is 10.1. The molecule has 0 aromatic rings. The van der Waals surface area contributed by atoms with Gasteiger partial charge in [-0.2, -0.15) is 0 Å². The van der Waals surface area contributed by atoms with E-state index in [4.69, 9.17) is 5.11 Å². The summed E-state index contributed by atoms with van der Waals surface area (Å²) in [6, 6.07) is -0.202. The van der Waals surface area contributed by atoms with Gasteiger partial charge < -0.3 is 20.6 Å². The molecule has 0 aromatic heterocycles. The Bertz CT molecular complexity index is 346. The van der Waals surface area contributed by atoms with Crippen LogP contribution in [0.25, 0.3) is 0 Å². The molecule has 0 aliphatic carbocycles. The highest BCUT2D eigenvalue weighted by Crippen LogP contribution is 2.05. The zero-order valence-corrected chi connectivity index (χ0v) is 12.1. The normalized spacial score (nSPS) is 22.0. The van der Waals surface area contributed by atoms with E-state index < -0.39 is 17.5 Å². The molecule has 7 heteroatoms. The molecular weight excluding hydrogens is 248 g/mol. The van der Waals surface area contributed by atoms with Crippen LogP contribution in [-0.2, 0) is 4.79 Å². The van der Waals surface area contributed by atoms with Gasteiger partial charge in [-0.25, -0.2) is 9.59 Å². The molecule has 2 amide bonds. The van der Waals surface area contributed by atoms with Crippen molar-refractivity contribution in [2.75, 3.05) is 40.3 Å². The molecule has 0 bridgehead atoms. The van der Waals surface area contributed by atoms with Crippen molar-refractivity contribution in [3.63, 3.8) is 0 Å². The number of rotatable bonds is 4. The van der Waals surface area contributed by atoms with E-state index in [1.807, 2.05) is 14.1 Å². The molecule has 1 heterocycles. The Hall–Kier alpha value is -1.34. The smallest absolute Gasteiger partial charge is 0.328 e. The standard InChI is InChI=1S/C12H24N4O3/c1-12(2,10(17)18)14-11(19)13-7-9-8-15(3)5-6-16(9)4/h9H,5-8H2,1-4H3,(H,17,18)(H2,13,14,19). The topological polar surface area (TPSA) is 84.9 Å². The molecule has 0 radical (unpaired) electrons. The van der Waals surface area contributed by atoms with Gasteiger partial charge >= 0.3 is 12.0 Å². The molecule has 0 aromatic carbocycles. The second-order valence-electron chi connectivity index (χ2n) is 5.66. The lowest BCUT2D eigenvalue weighted by molar-refractivity contribution is -0.142. The lowest BCUT2D eigenvalue weighted by Gasteiger charge is -2.37. The molecule has 1 saturated heterocycles. The number of carboxylic acids is 1. The minimum atomic E-state index is -1.26. The first-order valence-corrected chi connectivity index (χ1v) is 6.40. The Balaban J connectivity index is 2.39. The molecular formula is C12H24N4O3. The van der Waals surface area contributed by atoms with E-state index in [1.54, 1.807) is 0 Å². The van der Waals surface area contributed by atoms with E-state index in [1.165, 1.54) is 13.8 Å². The number of nitrogens with one attached hydrogen (secondary N) is 2. The van der Waals surface area contributed by atoms with Gasteiger partial charge in [0.2, 0.25) is 0 Å². The van der Waals surface area contributed by atoms with Gasteiger partial charge in [0.05, 0.1) is 0 Å². The number of piperazine rings is 1. The van der Waals surface area contributed by atoms with Gasteiger partial charge in [-0.1, -0.05) is 0 Å². The van der Waals surface area contributed by atoms with Crippen molar-refractivity contribution in [1.29, 1.82) is 0 Å². The maximum atomic E-state index is 11.7. The Morgan fingerprint density at radius 1 is 1.32 bits per heavy atom. The van der Waals surface area contributed by atoms with Crippen molar-refractivity contribution in [3.05, 3.63) is 0 Å². The van der Waals surface area contributed by atoms with Crippen molar-refractivity contribution < 1.29 is 14.7 Å². The summed E-state index contributed by atoms with van der Waals surface area (Å²) in [7, 11) is 4.08. The molecule has 1 aliphatic rings. The van der Waals surface area contributed by atoms with E-state index in [0.717, 1.165) is 19.6 Å². The summed E-state index contributed by atoms with van der Waals surface area (Å²) >= 11 is 0. The number of carbonyl (C=O) groups is 2. The van der Waals surface area contributed by atoms with Crippen LogP contribution < -0.4 is 10.6 Å². The Morgan fingerprint density at radius 2 is 1.95 bits per heavy atom. The fourth-order valence-corrected chi connectivity index (χ4v) is 1.91. The summed E-state index contributed by atoms with van der Waals surface area (Å²) in [4.78, 5) is 27.0. The number of amides is 2. The predicted octanol–water partition coefficient (Wildman–Crippen LogP) is -0.605. The van der Waals surface area contributed by atoms with E-state index in [9.17, 15) is 9.59 Å². The van der Waals surface area contributed by atoms with E-state index in [-0.39, 0.29) is 6.04 Å². The van der Waals surface area contributed by atoms with Gasteiger partial charge in [0.25, 0.3) is 0 Å². The first-order chi connectivity index (χ1) is 8.72. The molecule has 110 valence electrons. The van der Waals surface area contributed by atoms with Crippen LogP contribution in [0.5, 0.6) is 0 Å². The van der Waals surface area contributed by atoms with Gasteiger partial charge in [-0.05, 0) is 27.9 Å². The molecule has 1 rings (SSSR count). The predicted molar refractivity (Wildman–Crippen MR) is 72.2 cm³/mol. The SMILES string of the molecule is CN1CCN(C)C(CNC(=O)NC(C)(C)C(=O)O)C1. The van der Waals surface area contributed by atoms with Crippen LogP contribution in [0.15, 0.2) is 0 Å². The van der Waals surface area contributed by atoms with Crippen molar-refractivity contribution >= 4 is 12.0 Å².